The first-order valence-electron chi connectivity index (χ1n) is 8.59. The van der Waals surface area contributed by atoms with Gasteiger partial charge in [0.2, 0.25) is 0 Å². The van der Waals surface area contributed by atoms with Gasteiger partial charge in [-0.05, 0) is 13.8 Å². The number of hydrogen-bond acceptors (Lipinski definition) is 2. The van der Waals surface area contributed by atoms with Gasteiger partial charge in [0.05, 0.1) is 11.1 Å². The third-order valence-electron chi connectivity index (χ3n) is 5.15. The lowest BCUT2D eigenvalue weighted by molar-refractivity contribution is -0.0430. The Morgan fingerprint density at radius 3 is 1.56 bits per heavy atom. The highest BCUT2D eigenvalue weighted by Crippen LogP contribution is 2.53. The summed E-state index contributed by atoms with van der Waals surface area (Å²) < 4.78 is 0. The molecule has 3 aromatic rings. The molecule has 0 saturated heterocycles. The van der Waals surface area contributed by atoms with Crippen LogP contribution in [0.2, 0.25) is 0 Å². The molecule has 3 aromatic carbocycles. The van der Waals surface area contributed by atoms with E-state index in [1.165, 1.54) is 0 Å². The van der Waals surface area contributed by atoms with E-state index in [9.17, 15) is 0 Å². The summed E-state index contributed by atoms with van der Waals surface area (Å²) in [6, 6.07) is 31.1. The molecule has 0 amide bonds. The van der Waals surface area contributed by atoms with Crippen LogP contribution in [0.5, 0.6) is 0 Å². The Morgan fingerprint density at radius 2 is 1.08 bits per heavy atom. The normalized spacial score (nSPS) is 17.6. The average molecular weight is 327 g/mol. The highest BCUT2D eigenvalue weighted by atomic mass is 16.7. The molecule has 0 aliphatic carbocycles. The highest BCUT2D eigenvalue weighted by molar-refractivity contribution is 6.06. The van der Waals surface area contributed by atoms with E-state index in [0.717, 1.165) is 22.4 Å². The van der Waals surface area contributed by atoms with Crippen molar-refractivity contribution in [2.75, 3.05) is 0 Å². The Morgan fingerprint density at radius 1 is 0.640 bits per heavy atom. The van der Waals surface area contributed by atoms with Crippen molar-refractivity contribution in [3.8, 4) is 0 Å². The summed E-state index contributed by atoms with van der Waals surface area (Å²) in [7, 11) is 0. The van der Waals surface area contributed by atoms with E-state index in [-0.39, 0.29) is 5.41 Å². The first kappa shape index (κ1) is 15.6. The van der Waals surface area contributed by atoms with Crippen LogP contribution in [0.4, 0.5) is 0 Å². The summed E-state index contributed by atoms with van der Waals surface area (Å²) in [5, 5.41) is 4.58. The van der Waals surface area contributed by atoms with E-state index in [2.05, 4.69) is 79.7 Å². The van der Waals surface area contributed by atoms with Gasteiger partial charge in [0.1, 0.15) is 0 Å². The SMILES string of the molecule is CC1(C)C(c2ccccc2)=NOC1(c1ccccc1)c1ccccc1. The van der Waals surface area contributed by atoms with E-state index in [1.54, 1.807) is 0 Å². The van der Waals surface area contributed by atoms with Crippen molar-refractivity contribution in [2.24, 2.45) is 10.6 Å². The summed E-state index contributed by atoms with van der Waals surface area (Å²) in [5.41, 5.74) is 3.31. The van der Waals surface area contributed by atoms with Gasteiger partial charge in [-0.1, -0.05) is 96.2 Å². The summed E-state index contributed by atoms with van der Waals surface area (Å²) in [4.78, 5) is 6.28. The molecule has 1 aliphatic rings. The lowest BCUT2D eigenvalue weighted by Crippen LogP contribution is -2.45. The van der Waals surface area contributed by atoms with Gasteiger partial charge in [-0.15, -0.1) is 0 Å². The number of hydrogen-bond donors (Lipinski definition) is 0. The summed E-state index contributed by atoms with van der Waals surface area (Å²) in [6.45, 7) is 4.43. The Labute approximate surface area is 148 Å². The van der Waals surface area contributed by atoms with Crippen molar-refractivity contribution in [2.45, 2.75) is 19.4 Å². The zero-order valence-corrected chi connectivity index (χ0v) is 14.5. The molecular weight excluding hydrogens is 306 g/mol. The number of benzene rings is 3. The molecule has 0 atom stereocenters. The molecule has 0 aromatic heterocycles. The van der Waals surface area contributed by atoms with Crippen molar-refractivity contribution < 1.29 is 4.84 Å². The Bertz CT molecular complexity index is 844. The fraction of sp³-hybridized carbons (Fsp3) is 0.174. The zero-order valence-electron chi connectivity index (χ0n) is 14.5. The molecule has 0 fully saturated rings. The van der Waals surface area contributed by atoms with Crippen molar-refractivity contribution in [3.63, 3.8) is 0 Å². The highest BCUT2D eigenvalue weighted by Gasteiger charge is 2.57. The quantitative estimate of drug-likeness (QED) is 0.632. The van der Waals surface area contributed by atoms with E-state index >= 15 is 0 Å². The third-order valence-corrected chi connectivity index (χ3v) is 5.15. The predicted molar refractivity (Wildman–Crippen MR) is 102 cm³/mol. The molecule has 1 aliphatic heterocycles. The van der Waals surface area contributed by atoms with Crippen LogP contribution in [-0.4, -0.2) is 5.71 Å². The van der Waals surface area contributed by atoms with Crippen molar-refractivity contribution in [1.29, 1.82) is 0 Å². The van der Waals surface area contributed by atoms with Gasteiger partial charge in [-0.2, -0.15) is 0 Å². The Hall–Kier alpha value is -2.87. The van der Waals surface area contributed by atoms with E-state index in [4.69, 9.17) is 4.84 Å². The van der Waals surface area contributed by atoms with Crippen LogP contribution in [-0.2, 0) is 10.4 Å². The zero-order chi connectivity index (χ0) is 17.3. The van der Waals surface area contributed by atoms with E-state index < -0.39 is 5.60 Å². The van der Waals surface area contributed by atoms with Gasteiger partial charge in [-0.3, -0.25) is 0 Å². The lowest BCUT2D eigenvalue weighted by Gasteiger charge is -2.40. The third kappa shape index (κ3) is 2.29. The van der Waals surface area contributed by atoms with Crippen LogP contribution in [0.3, 0.4) is 0 Å². The molecule has 25 heavy (non-hydrogen) atoms. The maximum absolute atomic E-state index is 6.28. The molecule has 0 spiro atoms. The lowest BCUT2D eigenvalue weighted by atomic mass is 9.64. The van der Waals surface area contributed by atoms with Crippen LogP contribution in [0.1, 0.15) is 30.5 Å². The van der Waals surface area contributed by atoms with Gasteiger partial charge in [0.25, 0.3) is 0 Å². The molecule has 0 N–H and O–H groups in total. The van der Waals surface area contributed by atoms with Crippen LogP contribution in [0, 0.1) is 5.41 Å². The van der Waals surface area contributed by atoms with Crippen LogP contribution in [0.15, 0.2) is 96.2 Å². The monoisotopic (exact) mass is 327 g/mol. The number of nitrogens with zero attached hydrogens (tertiary/aromatic N) is 1. The van der Waals surface area contributed by atoms with Crippen molar-refractivity contribution >= 4 is 5.71 Å². The second kappa shape index (κ2) is 5.89. The standard InChI is InChI=1S/C23H21NO/c1-22(2)21(18-12-6-3-7-13-18)24-25-23(22,19-14-8-4-9-15-19)20-16-10-5-11-17-20/h3-17H,1-2H3. The number of rotatable bonds is 3. The van der Waals surface area contributed by atoms with Gasteiger partial charge in [0, 0.05) is 16.7 Å². The average Bonchev–Trinajstić information content (AvgIpc) is 2.95. The Balaban J connectivity index is 1.93. The molecule has 0 unspecified atom stereocenters. The largest absolute Gasteiger partial charge is 0.378 e. The van der Waals surface area contributed by atoms with E-state index in [0.29, 0.717) is 0 Å². The second-order valence-electron chi connectivity index (χ2n) is 6.94. The fourth-order valence-corrected chi connectivity index (χ4v) is 3.86. The van der Waals surface area contributed by atoms with E-state index in [1.807, 2.05) is 30.3 Å². The molecule has 124 valence electrons. The molecule has 0 saturated carbocycles. The molecule has 0 radical (unpaired) electrons. The van der Waals surface area contributed by atoms with Crippen LogP contribution >= 0.6 is 0 Å². The van der Waals surface area contributed by atoms with Gasteiger partial charge < -0.3 is 4.84 Å². The summed E-state index contributed by atoms with van der Waals surface area (Å²) in [5.74, 6) is 0. The van der Waals surface area contributed by atoms with Gasteiger partial charge in [0.15, 0.2) is 5.60 Å². The smallest absolute Gasteiger partial charge is 0.198 e. The topological polar surface area (TPSA) is 21.6 Å². The van der Waals surface area contributed by atoms with Crippen molar-refractivity contribution in [1.82, 2.24) is 0 Å². The van der Waals surface area contributed by atoms with Crippen molar-refractivity contribution in [3.05, 3.63) is 108 Å². The first-order chi connectivity index (χ1) is 12.2. The molecule has 0 bridgehead atoms. The molecule has 1 heterocycles. The summed E-state index contributed by atoms with van der Waals surface area (Å²) >= 11 is 0. The number of oxime groups is 1. The van der Waals surface area contributed by atoms with Crippen LogP contribution < -0.4 is 0 Å². The molecule has 2 nitrogen and oxygen atoms in total. The maximum atomic E-state index is 6.28. The minimum absolute atomic E-state index is 0.336. The fourth-order valence-electron chi connectivity index (χ4n) is 3.86. The van der Waals surface area contributed by atoms with Crippen LogP contribution in [0.25, 0.3) is 0 Å². The maximum Gasteiger partial charge on any atom is 0.198 e. The summed E-state index contributed by atoms with van der Waals surface area (Å²) in [6.07, 6.45) is 0. The van der Waals surface area contributed by atoms with Gasteiger partial charge in [-0.25, -0.2) is 0 Å². The predicted octanol–water partition coefficient (Wildman–Crippen LogP) is 5.39. The molecular formula is C23H21NO. The second-order valence-corrected chi connectivity index (χ2v) is 6.94. The minimum atomic E-state index is -0.652. The molecule has 4 rings (SSSR count). The van der Waals surface area contributed by atoms with Gasteiger partial charge >= 0.3 is 0 Å². The molecule has 2 heteroatoms. The Kier molecular flexibility index (Phi) is 3.69. The first-order valence-corrected chi connectivity index (χ1v) is 8.59. The minimum Gasteiger partial charge on any atom is -0.378 e.